The molecule has 0 radical (unpaired) electrons. The topological polar surface area (TPSA) is 104 Å². The van der Waals surface area contributed by atoms with E-state index in [0.717, 1.165) is 6.54 Å². The van der Waals surface area contributed by atoms with Gasteiger partial charge in [0.2, 0.25) is 5.91 Å². The van der Waals surface area contributed by atoms with Crippen molar-refractivity contribution in [2.75, 3.05) is 18.4 Å². The zero-order chi connectivity index (χ0) is 13.1. The second-order valence-electron chi connectivity index (χ2n) is 4.11. The first kappa shape index (κ1) is 12.3. The lowest BCUT2D eigenvalue weighted by atomic mass is 10.1. The largest absolute Gasteiger partial charge is 0.505 e. The Bertz CT molecular complexity index is 483. The van der Waals surface area contributed by atoms with Gasteiger partial charge in [-0.05, 0) is 19.0 Å². The smallest absolute Gasteiger partial charge is 0.296 e. The van der Waals surface area contributed by atoms with Gasteiger partial charge in [0.15, 0.2) is 5.69 Å². The summed E-state index contributed by atoms with van der Waals surface area (Å²) in [6.07, 6.45) is 0.688. The summed E-state index contributed by atoms with van der Waals surface area (Å²) in [5.74, 6) is -0.836. The van der Waals surface area contributed by atoms with Crippen LogP contribution in [-0.2, 0) is 4.79 Å². The SMILES string of the molecule is O=C(Nc1c(O)cccc1[N+](=O)[O-])C1CCNC1. The molecule has 96 valence electrons. The fourth-order valence-corrected chi connectivity index (χ4v) is 1.91. The number of hydrogen-bond donors (Lipinski definition) is 3. The molecular weight excluding hydrogens is 238 g/mol. The third-order valence-corrected chi connectivity index (χ3v) is 2.90. The first-order valence-electron chi connectivity index (χ1n) is 5.57. The van der Waals surface area contributed by atoms with Crippen LogP contribution in [0.3, 0.4) is 0 Å². The summed E-state index contributed by atoms with van der Waals surface area (Å²) < 4.78 is 0. The number of amides is 1. The highest BCUT2D eigenvalue weighted by Gasteiger charge is 2.26. The Labute approximate surface area is 103 Å². The van der Waals surface area contributed by atoms with Gasteiger partial charge in [0.05, 0.1) is 10.8 Å². The minimum Gasteiger partial charge on any atom is -0.505 e. The van der Waals surface area contributed by atoms with E-state index in [2.05, 4.69) is 10.6 Å². The Morgan fingerprint density at radius 3 is 2.94 bits per heavy atom. The maximum atomic E-state index is 11.9. The standard InChI is InChI=1S/C11H13N3O4/c15-9-3-1-2-8(14(17)18)10(9)13-11(16)7-4-5-12-6-7/h1-3,7,12,15H,4-6H2,(H,13,16). The number of carbonyl (C=O) groups is 1. The highest BCUT2D eigenvalue weighted by molar-refractivity contribution is 5.96. The Morgan fingerprint density at radius 2 is 2.33 bits per heavy atom. The summed E-state index contributed by atoms with van der Waals surface area (Å²) in [6.45, 7) is 1.30. The number of anilines is 1. The molecule has 1 unspecified atom stereocenters. The van der Waals surface area contributed by atoms with Crippen molar-refractivity contribution in [2.45, 2.75) is 6.42 Å². The van der Waals surface area contributed by atoms with Gasteiger partial charge in [0, 0.05) is 12.6 Å². The molecule has 1 atom stereocenters. The quantitative estimate of drug-likeness (QED) is 0.419. The molecule has 0 aliphatic carbocycles. The van der Waals surface area contributed by atoms with Crippen molar-refractivity contribution in [1.82, 2.24) is 5.32 Å². The van der Waals surface area contributed by atoms with E-state index in [1.165, 1.54) is 18.2 Å². The predicted octanol–water partition coefficient (Wildman–Crippen LogP) is 0.848. The molecule has 0 bridgehead atoms. The normalized spacial score (nSPS) is 18.6. The number of nitro groups is 1. The van der Waals surface area contributed by atoms with Crippen LogP contribution in [0.15, 0.2) is 18.2 Å². The van der Waals surface area contributed by atoms with Crippen LogP contribution < -0.4 is 10.6 Å². The van der Waals surface area contributed by atoms with Crippen LogP contribution >= 0.6 is 0 Å². The number of para-hydroxylation sites is 1. The van der Waals surface area contributed by atoms with Crippen LogP contribution in [0.25, 0.3) is 0 Å². The van der Waals surface area contributed by atoms with Gasteiger partial charge in [-0.25, -0.2) is 0 Å². The molecule has 7 heteroatoms. The maximum absolute atomic E-state index is 11.9. The lowest BCUT2D eigenvalue weighted by Gasteiger charge is -2.11. The average Bonchev–Trinajstić information content (AvgIpc) is 2.85. The second-order valence-corrected chi connectivity index (χ2v) is 4.11. The van der Waals surface area contributed by atoms with Crippen molar-refractivity contribution >= 4 is 17.3 Å². The van der Waals surface area contributed by atoms with Crippen molar-refractivity contribution in [3.05, 3.63) is 28.3 Å². The zero-order valence-corrected chi connectivity index (χ0v) is 9.55. The number of nitro benzene ring substituents is 1. The minimum atomic E-state index is -0.637. The molecule has 1 aliphatic rings. The highest BCUT2D eigenvalue weighted by atomic mass is 16.6. The molecule has 1 fully saturated rings. The number of phenolic OH excluding ortho intramolecular Hbond substituents is 1. The third-order valence-electron chi connectivity index (χ3n) is 2.90. The van der Waals surface area contributed by atoms with Gasteiger partial charge in [-0.3, -0.25) is 14.9 Å². The molecule has 1 aliphatic heterocycles. The van der Waals surface area contributed by atoms with E-state index in [0.29, 0.717) is 13.0 Å². The predicted molar refractivity (Wildman–Crippen MR) is 64.4 cm³/mol. The summed E-state index contributed by atoms with van der Waals surface area (Å²) in [5, 5.41) is 25.9. The van der Waals surface area contributed by atoms with Crippen molar-refractivity contribution in [3.63, 3.8) is 0 Å². The molecule has 18 heavy (non-hydrogen) atoms. The number of phenols is 1. The van der Waals surface area contributed by atoms with Gasteiger partial charge < -0.3 is 15.7 Å². The van der Waals surface area contributed by atoms with Crippen molar-refractivity contribution in [2.24, 2.45) is 5.92 Å². The fraction of sp³-hybridized carbons (Fsp3) is 0.364. The zero-order valence-electron chi connectivity index (χ0n) is 9.55. The number of nitrogens with one attached hydrogen (secondary N) is 2. The number of carbonyl (C=O) groups excluding carboxylic acids is 1. The van der Waals surface area contributed by atoms with E-state index in [4.69, 9.17) is 0 Å². The lowest BCUT2D eigenvalue weighted by Crippen LogP contribution is -2.25. The molecule has 1 aromatic carbocycles. The molecule has 2 rings (SSSR count). The van der Waals surface area contributed by atoms with E-state index in [-0.39, 0.29) is 28.9 Å². The summed E-state index contributed by atoms with van der Waals surface area (Å²) in [7, 11) is 0. The molecule has 0 aromatic heterocycles. The Balaban J connectivity index is 2.22. The van der Waals surface area contributed by atoms with E-state index >= 15 is 0 Å². The van der Waals surface area contributed by atoms with Crippen LogP contribution in [-0.4, -0.2) is 29.0 Å². The van der Waals surface area contributed by atoms with E-state index in [1.54, 1.807) is 0 Å². The third kappa shape index (κ3) is 2.40. The molecule has 3 N–H and O–H groups in total. The van der Waals surface area contributed by atoms with Gasteiger partial charge in [-0.2, -0.15) is 0 Å². The molecule has 0 saturated carbocycles. The number of nitrogens with zero attached hydrogens (tertiary/aromatic N) is 1. The monoisotopic (exact) mass is 251 g/mol. The Hall–Kier alpha value is -2.15. The van der Waals surface area contributed by atoms with Crippen LogP contribution in [0, 0.1) is 16.0 Å². The van der Waals surface area contributed by atoms with Gasteiger partial charge in [0.25, 0.3) is 5.69 Å². The van der Waals surface area contributed by atoms with Crippen molar-refractivity contribution in [1.29, 1.82) is 0 Å². The maximum Gasteiger partial charge on any atom is 0.296 e. The van der Waals surface area contributed by atoms with Crippen LogP contribution in [0.4, 0.5) is 11.4 Å². The van der Waals surface area contributed by atoms with E-state index in [9.17, 15) is 20.0 Å². The van der Waals surface area contributed by atoms with Crippen LogP contribution in [0.2, 0.25) is 0 Å². The van der Waals surface area contributed by atoms with Crippen LogP contribution in [0.1, 0.15) is 6.42 Å². The molecule has 1 saturated heterocycles. The molecule has 0 spiro atoms. The van der Waals surface area contributed by atoms with E-state index < -0.39 is 4.92 Å². The average molecular weight is 251 g/mol. The summed E-state index contributed by atoms with van der Waals surface area (Å²) in [6, 6.07) is 3.90. The summed E-state index contributed by atoms with van der Waals surface area (Å²) in [4.78, 5) is 22.0. The Morgan fingerprint density at radius 1 is 1.56 bits per heavy atom. The summed E-state index contributed by atoms with van der Waals surface area (Å²) >= 11 is 0. The van der Waals surface area contributed by atoms with Crippen molar-refractivity contribution in [3.8, 4) is 5.75 Å². The molecule has 1 heterocycles. The van der Waals surface area contributed by atoms with Crippen molar-refractivity contribution < 1.29 is 14.8 Å². The summed E-state index contributed by atoms with van der Waals surface area (Å²) in [5.41, 5.74) is -0.450. The van der Waals surface area contributed by atoms with Gasteiger partial charge in [-0.1, -0.05) is 6.07 Å². The first-order valence-corrected chi connectivity index (χ1v) is 5.57. The number of aromatic hydroxyl groups is 1. The lowest BCUT2D eigenvalue weighted by molar-refractivity contribution is -0.384. The minimum absolute atomic E-state index is 0.139. The second kappa shape index (κ2) is 5.01. The molecular formula is C11H13N3O4. The van der Waals surface area contributed by atoms with E-state index in [1.807, 2.05) is 0 Å². The highest BCUT2D eigenvalue weighted by Crippen LogP contribution is 2.33. The van der Waals surface area contributed by atoms with Gasteiger partial charge in [0.1, 0.15) is 5.75 Å². The molecule has 1 aromatic rings. The number of benzene rings is 1. The fourth-order valence-electron chi connectivity index (χ4n) is 1.91. The first-order chi connectivity index (χ1) is 8.59. The van der Waals surface area contributed by atoms with Gasteiger partial charge in [-0.15, -0.1) is 0 Å². The Kier molecular flexibility index (Phi) is 3.42. The number of rotatable bonds is 3. The number of hydrogen-bond acceptors (Lipinski definition) is 5. The molecule has 1 amide bonds. The molecule has 7 nitrogen and oxygen atoms in total. The van der Waals surface area contributed by atoms with Crippen LogP contribution in [0.5, 0.6) is 5.75 Å². The van der Waals surface area contributed by atoms with Gasteiger partial charge >= 0.3 is 0 Å².